The summed E-state index contributed by atoms with van der Waals surface area (Å²) in [7, 11) is 0. The molecule has 62 valence electrons. The molecule has 1 rings (SSSR count). The Morgan fingerprint density at radius 1 is 1.36 bits per heavy atom. The van der Waals surface area contributed by atoms with E-state index in [4.69, 9.17) is 0 Å². The minimum absolute atomic E-state index is 0.0410. The van der Waals surface area contributed by atoms with Crippen molar-refractivity contribution >= 4 is 0 Å². The van der Waals surface area contributed by atoms with Crippen LogP contribution in [0, 0.1) is 5.92 Å². The maximum Gasteiger partial charge on any atom is 0.101 e. The van der Waals surface area contributed by atoms with Gasteiger partial charge in [0, 0.05) is 6.42 Å². The zero-order chi connectivity index (χ0) is 8.43. The van der Waals surface area contributed by atoms with E-state index in [1.165, 1.54) is 11.1 Å². The topological polar surface area (TPSA) is 0 Å². The molecule has 1 aliphatic carbocycles. The van der Waals surface area contributed by atoms with E-state index in [1.807, 2.05) is 0 Å². The molecule has 0 nitrogen and oxygen atoms in total. The lowest BCUT2D eigenvalue weighted by atomic mass is 9.91. The predicted octanol–water partition coefficient (Wildman–Crippen LogP) is 3.61. The van der Waals surface area contributed by atoms with Crippen molar-refractivity contribution < 1.29 is 4.39 Å². The first-order valence-electron chi connectivity index (χ1n) is 4.17. The van der Waals surface area contributed by atoms with Crippen molar-refractivity contribution in [3.05, 3.63) is 23.0 Å². The molecule has 0 atom stereocenters. The molecule has 0 bridgehead atoms. The van der Waals surface area contributed by atoms with Gasteiger partial charge in [-0.25, -0.2) is 4.39 Å². The van der Waals surface area contributed by atoms with Crippen LogP contribution in [0.25, 0.3) is 0 Å². The average molecular weight is 154 g/mol. The summed E-state index contributed by atoms with van der Waals surface area (Å²) >= 11 is 0. The van der Waals surface area contributed by atoms with Gasteiger partial charge < -0.3 is 0 Å². The van der Waals surface area contributed by atoms with Gasteiger partial charge in [-0.2, -0.15) is 0 Å². The molecule has 0 aliphatic heterocycles. The second-order valence-electron chi connectivity index (χ2n) is 3.48. The van der Waals surface area contributed by atoms with E-state index in [0.29, 0.717) is 12.3 Å². The Balaban J connectivity index is 2.89. The van der Waals surface area contributed by atoms with E-state index in [1.54, 1.807) is 6.08 Å². The van der Waals surface area contributed by atoms with Gasteiger partial charge in [0.1, 0.15) is 5.83 Å². The number of rotatable bonds is 1. The monoisotopic (exact) mass is 154 g/mol. The molecule has 1 aliphatic rings. The second-order valence-corrected chi connectivity index (χ2v) is 3.48. The van der Waals surface area contributed by atoms with Crippen LogP contribution in [0.2, 0.25) is 0 Å². The molecule has 0 spiro atoms. The summed E-state index contributed by atoms with van der Waals surface area (Å²) < 4.78 is 12.8. The van der Waals surface area contributed by atoms with Gasteiger partial charge in [-0.05, 0) is 30.9 Å². The summed E-state index contributed by atoms with van der Waals surface area (Å²) in [6.07, 6.45) is 3.20. The smallest absolute Gasteiger partial charge is 0.101 e. The molecular weight excluding hydrogens is 139 g/mol. The van der Waals surface area contributed by atoms with E-state index in [-0.39, 0.29) is 5.83 Å². The second kappa shape index (κ2) is 3.21. The minimum Gasteiger partial charge on any atom is -0.212 e. The van der Waals surface area contributed by atoms with Crippen molar-refractivity contribution in [2.24, 2.45) is 5.92 Å². The van der Waals surface area contributed by atoms with E-state index in [2.05, 4.69) is 20.8 Å². The highest BCUT2D eigenvalue weighted by Crippen LogP contribution is 2.28. The average Bonchev–Trinajstić information content (AvgIpc) is 1.94. The maximum atomic E-state index is 12.8. The van der Waals surface area contributed by atoms with Gasteiger partial charge in [-0.3, -0.25) is 0 Å². The number of allylic oxidation sites excluding steroid dienone is 4. The van der Waals surface area contributed by atoms with Gasteiger partial charge in [-0.15, -0.1) is 0 Å². The van der Waals surface area contributed by atoms with Crippen LogP contribution in [0.15, 0.2) is 23.0 Å². The lowest BCUT2D eigenvalue weighted by molar-refractivity contribution is 0.569. The Bertz CT molecular complexity index is 209. The molecule has 0 saturated carbocycles. The van der Waals surface area contributed by atoms with Gasteiger partial charge in [-0.1, -0.05) is 19.4 Å². The Hall–Kier alpha value is -0.590. The summed E-state index contributed by atoms with van der Waals surface area (Å²) in [4.78, 5) is 0. The molecule has 0 aromatic heterocycles. The van der Waals surface area contributed by atoms with Crippen molar-refractivity contribution in [3.8, 4) is 0 Å². The molecule has 11 heavy (non-hydrogen) atoms. The lowest BCUT2D eigenvalue weighted by Gasteiger charge is -2.16. The zero-order valence-corrected chi connectivity index (χ0v) is 7.45. The molecule has 0 radical (unpaired) electrons. The fourth-order valence-electron chi connectivity index (χ4n) is 1.47. The van der Waals surface area contributed by atoms with Crippen molar-refractivity contribution in [3.63, 3.8) is 0 Å². The Morgan fingerprint density at radius 2 is 2.00 bits per heavy atom. The third-order valence-corrected chi connectivity index (χ3v) is 2.17. The summed E-state index contributed by atoms with van der Waals surface area (Å²) in [6.45, 7) is 6.31. The van der Waals surface area contributed by atoms with Gasteiger partial charge in [0.25, 0.3) is 0 Å². The van der Waals surface area contributed by atoms with Crippen molar-refractivity contribution in [2.45, 2.75) is 33.6 Å². The number of hydrogen-bond acceptors (Lipinski definition) is 0. The third kappa shape index (κ3) is 1.92. The largest absolute Gasteiger partial charge is 0.212 e. The van der Waals surface area contributed by atoms with Crippen LogP contribution < -0.4 is 0 Å². The van der Waals surface area contributed by atoms with E-state index < -0.39 is 0 Å². The third-order valence-electron chi connectivity index (χ3n) is 2.17. The molecule has 0 aromatic rings. The Kier molecular flexibility index (Phi) is 2.48. The van der Waals surface area contributed by atoms with Gasteiger partial charge >= 0.3 is 0 Å². The molecular formula is C10H15F. The molecule has 0 amide bonds. The highest BCUT2D eigenvalue weighted by Gasteiger charge is 2.11. The standard InChI is InChI=1S/C10H15F/c1-7(2)10-6-9(11)5-4-8(10)3/h6-7H,4-5H2,1-3H3. The molecule has 1 heteroatoms. The summed E-state index contributed by atoms with van der Waals surface area (Å²) in [5, 5.41) is 0. The molecule has 0 aromatic carbocycles. The zero-order valence-electron chi connectivity index (χ0n) is 7.45. The highest BCUT2D eigenvalue weighted by atomic mass is 19.1. The van der Waals surface area contributed by atoms with Crippen LogP contribution >= 0.6 is 0 Å². The molecule has 0 fully saturated rings. The SMILES string of the molecule is CC1=C(C(C)C)C=C(F)CC1. The minimum atomic E-state index is 0.0410. The first-order valence-corrected chi connectivity index (χ1v) is 4.17. The lowest BCUT2D eigenvalue weighted by Crippen LogP contribution is -2.00. The first kappa shape index (κ1) is 8.51. The van der Waals surface area contributed by atoms with E-state index in [0.717, 1.165) is 6.42 Å². The van der Waals surface area contributed by atoms with Gasteiger partial charge in [0.2, 0.25) is 0 Å². The fourth-order valence-corrected chi connectivity index (χ4v) is 1.47. The fraction of sp³-hybridized carbons (Fsp3) is 0.600. The predicted molar refractivity (Wildman–Crippen MR) is 46.0 cm³/mol. The summed E-state index contributed by atoms with van der Waals surface area (Å²) in [6, 6.07) is 0. The van der Waals surface area contributed by atoms with Crippen LogP contribution in [0.4, 0.5) is 4.39 Å². The molecule has 0 unspecified atom stereocenters. The maximum absolute atomic E-state index is 12.8. The van der Waals surface area contributed by atoms with Crippen LogP contribution in [0.5, 0.6) is 0 Å². The van der Waals surface area contributed by atoms with E-state index in [9.17, 15) is 4.39 Å². The van der Waals surface area contributed by atoms with Gasteiger partial charge in [0.05, 0.1) is 0 Å². The quantitative estimate of drug-likeness (QED) is 0.541. The van der Waals surface area contributed by atoms with Gasteiger partial charge in [0.15, 0.2) is 0 Å². The number of hydrogen-bond donors (Lipinski definition) is 0. The molecule has 0 N–H and O–H groups in total. The summed E-state index contributed by atoms with van der Waals surface area (Å²) in [5.41, 5.74) is 2.54. The van der Waals surface area contributed by atoms with Crippen LogP contribution in [0.1, 0.15) is 33.6 Å². The Morgan fingerprint density at radius 3 is 2.45 bits per heavy atom. The van der Waals surface area contributed by atoms with Crippen molar-refractivity contribution in [2.75, 3.05) is 0 Å². The van der Waals surface area contributed by atoms with Crippen LogP contribution in [0.3, 0.4) is 0 Å². The van der Waals surface area contributed by atoms with Crippen molar-refractivity contribution in [1.29, 1.82) is 0 Å². The molecule has 0 saturated heterocycles. The molecule has 0 heterocycles. The number of halogens is 1. The van der Waals surface area contributed by atoms with Crippen LogP contribution in [-0.2, 0) is 0 Å². The van der Waals surface area contributed by atoms with Crippen LogP contribution in [-0.4, -0.2) is 0 Å². The Labute approximate surface area is 67.8 Å². The van der Waals surface area contributed by atoms with Crippen molar-refractivity contribution in [1.82, 2.24) is 0 Å². The highest BCUT2D eigenvalue weighted by molar-refractivity contribution is 5.31. The summed E-state index contributed by atoms with van der Waals surface area (Å²) in [5.74, 6) is 0.500. The van der Waals surface area contributed by atoms with E-state index >= 15 is 0 Å². The first-order chi connectivity index (χ1) is 5.11. The normalized spacial score (nSPS) is 19.2.